The second-order valence-corrected chi connectivity index (χ2v) is 14.0. The number of nitrogens with zero attached hydrogens (tertiary/aromatic N) is 2. The first kappa shape index (κ1) is 40.8. The molecule has 5 rings (SSSR count). The van der Waals surface area contributed by atoms with E-state index in [1.54, 1.807) is 31.0 Å². The maximum absolute atomic E-state index is 14.4. The third-order valence-corrected chi connectivity index (χ3v) is 9.61. The van der Waals surface area contributed by atoms with Gasteiger partial charge in [-0.05, 0) is 87.0 Å². The van der Waals surface area contributed by atoms with Crippen LogP contribution in [-0.4, -0.2) is 84.5 Å². The Hall–Kier alpha value is -5.34. The largest absolute Gasteiger partial charge is 0.490 e. The van der Waals surface area contributed by atoms with Gasteiger partial charge in [0.1, 0.15) is 5.75 Å². The topological polar surface area (TPSA) is 132 Å². The first-order valence-corrected chi connectivity index (χ1v) is 18.3. The Morgan fingerprint density at radius 3 is 2.36 bits per heavy atom. The summed E-state index contributed by atoms with van der Waals surface area (Å²) in [6.45, 7) is 6.03. The van der Waals surface area contributed by atoms with Gasteiger partial charge in [-0.15, -0.1) is 0 Å². The van der Waals surface area contributed by atoms with Crippen molar-refractivity contribution in [2.24, 2.45) is 5.92 Å². The average Bonchev–Trinajstić information content (AvgIpc) is 3.15. The number of benzene rings is 4. The SMILES string of the molecule is C[C@@H]1CN([C@@H](C)CO)C(=O)c2cc(NC(=O)Nc3ccc(C(F)(F)F)cc3)ccc2O[C@@H](C)CCCCO[C@H]1CN(C)C(=O)Nc1cccc2ccccc12. The molecule has 55 heavy (non-hydrogen) atoms. The molecule has 1 aliphatic heterocycles. The zero-order valence-corrected chi connectivity index (χ0v) is 31.4. The number of hydrogen-bond donors (Lipinski definition) is 4. The van der Waals surface area contributed by atoms with Gasteiger partial charge >= 0.3 is 18.2 Å². The second-order valence-electron chi connectivity index (χ2n) is 14.0. The molecule has 0 spiro atoms. The summed E-state index contributed by atoms with van der Waals surface area (Å²) in [5, 5.41) is 20.4. The number of rotatable bonds is 7. The van der Waals surface area contributed by atoms with Crippen molar-refractivity contribution in [3.05, 3.63) is 96.1 Å². The molecule has 0 bridgehead atoms. The molecule has 4 aromatic rings. The molecule has 1 aliphatic rings. The number of halogens is 3. The van der Waals surface area contributed by atoms with Crippen molar-refractivity contribution in [3.63, 3.8) is 0 Å². The Kier molecular flexibility index (Phi) is 13.6. The maximum atomic E-state index is 14.4. The van der Waals surface area contributed by atoms with Crippen molar-refractivity contribution in [1.82, 2.24) is 9.80 Å². The summed E-state index contributed by atoms with van der Waals surface area (Å²) < 4.78 is 51.6. The number of urea groups is 2. The van der Waals surface area contributed by atoms with Crippen LogP contribution < -0.4 is 20.7 Å². The van der Waals surface area contributed by atoms with E-state index in [1.165, 1.54) is 11.0 Å². The number of carbonyl (C=O) groups is 3. The number of nitrogens with one attached hydrogen (secondary N) is 3. The quantitative estimate of drug-likeness (QED) is 0.149. The van der Waals surface area contributed by atoms with Crippen LogP contribution in [0.5, 0.6) is 5.75 Å². The number of aliphatic hydroxyl groups is 1. The van der Waals surface area contributed by atoms with E-state index in [1.807, 2.05) is 56.3 Å². The Morgan fingerprint density at radius 1 is 0.945 bits per heavy atom. The maximum Gasteiger partial charge on any atom is 0.416 e. The molecule has 1 heterocycles. The minimum absolute atomic E-state index is 0.141. The molecule has 0 radical (unpaired) electrons. The van der Waals surface area contributed by atoms with E-state index in [-0.39, 0.29) is 54.7 Å². The summed E-state index contributed by atoms with van der Waals surface area (Å²) in [7, 11) is 1.69. The van der Waals surface area contributed by atoms with Gasteiger partial charge in [-0.25, -0.2) is 9.59 Å². The molecule has 0 saturated carbocycles. The number of anilines is 3. The van der Waals surface area contributed by atoms with Crippen molar-refractivity contribution in [3.8, 4) is 5.75 Å². The summed E-state index contributed by atoms with van der Waals surface area (Å²) in [5.74, 6) is -0.461. The third-order valence-electron chi connectivity index (χ3n) is 9.61. The van der Waals surface area contributed by atoms with E-state index in [4.69, 9.17) is 9.47 Å². The Morgan fingerprint density at radius 2 is 1.64 bits per heavy atom. The molecule has 0 unspecified atom stereocenters. The summed E-state index contributed by atoms with van der Waals surface area (Å²) in [4.78, 5) is 43.9. The van der Waals surface area contributed by atoms with Crippen molar-refractivity contribution in [2.75, 3.05) is 49.3 Å². The Bertz CT molecular complexity index is 1940. The fourth-order valence-corrected chi connectivity index (χ4v) is 6.40. The first-order valence-electron chi connectivity index (χ1n) is 18.3. The van der Waals surface area contributed by atoms with Crippen LogP contribution in [0, 0.1) is 5.92 Å². The number of amides is 5. The summed E-state index contributed by atoms with van der Waals surface area (Å²) in [6.07, 6.45) is -3.08. The molecule has 4 aromatic carbocycles. The zero-order chi connectivity index (χ0) is 39.7. The van der Waals surface area contributed by atoms with Crippen molar-refractivity contribution < 1.29 is 42.1 Å². The number of aliphatic hydroxyl groups excluding tert-OH is 1. The first-order chi connectivity index (χ1) is 26.2. The van der Waals surface area contributed by atoms with E-state index in [0.29, 0.717) is 24.5 Å². The van der Waals surface area contributed by atoms with E-state index in [0.717, 1.165) is 47.9 Å². The molecule has 0 fully saturated rings. The average molecular weight is 764 g/mol. The molecular formula is C41H48F3N5O6. The number of ether oxygens (including phenoxy) is 2. The van der Waals surface area contributed by atoms with Gasteiger partial charge in [-0.3, -0.25) is 4.79 Å². The van der Waals surface area contributed by atoms with Crippen LogP contribution in [0.2, 0.25) is 0 Å². The number of fused-ring (bicyclic) bond motifs is 2. The normalized spacial score (nSPS) is 19.0. The van der Waals surface area contributed by atoms with E-state index in [2.05, 4.69) is 16.0 Å². The van der Waals surface area contributed by atoms with Gasteiger partial charge in [0.2, 0.25) is 0 Å². The lowest BCUT2D eigenvalue weighted by Crippen LogP contribution is -2.48. The second kappa shape index (κ2) is 18.3. The van der Waals surface area contributed by atoms with Gasteiger partial charge in [0, 0.05) is 49.4 Å². The minimum Gasteiger partial charge on any atom is -0.490 e. The van der Waals surface area contributed by atoms with Crippen molar-refractivity contribution in [1.29, 1.82) is 0 Å². The highest BCUT2D eigenvalue weighted by molar-refractivity contribution is 6.03. The highest BCUT2D eigenvalue weighted by atomic mass is 19.4. The lowest BCUT2D eigenvalue weighted by Gasteiger charge is -2.35. The van der Waals surface area contributed by atoms with Crippen LogP contribution in [0.3, 0.4) is 0 Å². The van der Waals surface area contributed by atoms with Gasteiger partial charge in [0.05, 0.1) is 41.7 Å². The van der Waals surface area contributed by atoms with Crippen LogP contribution >= 0.6 is 0 Å². The standard InChI is InChI=1S/C41H48F3N5O6/c1-26-23-49(27(2)25-50)38(51)34-22-32(46-39(52)45-31-17-15-30(16-18-31)41(42,43)44)19-20-36(34)55-28(3)10-7-8-21-54-37(26)24-48(4)40(53)47-35-14-9-12-29-11-5-6-13-33(29)35/h5-6,9,11-20,22,26-28,37,50H,7-8,10,21,23-25H2,1-4H3,(H,47,53)(H2,45,46,52)/t26-,27+,28+,37+/m1/s1. The minimum atomic E-state index is -4.51. The lowest BCUT2D eigenvalue weighted by atomic mass is 10.0. The molecular weight excluding hydrogens is 715 g/mol. The molecule has 5 amide bonds. The molecule has 11 nitrogen and oxygen atoms in total. The fraction of sp³-hybridized carbons (Fsp3) is 0.390. The fourth-order valence-electron chi connectivity index (χ4n) is 6.40. The summed E-state index contributed by atoms with van der Waals surface area (Å²) in [6, 6.07) is 20.5. The molecule has 294 valence electrons. The zero-order valence-electron chi connectivity index (χ0n) is 31.4. The van der Waals surface area contributed by atoms with E-state index >= 15 is 0 Å². The monoisotopic (exact) mass is 763 g/mol. The third kappa shape index (κ3) is 10.9. The van der Waals surface area contributed by atoms with Gasteiger partial charge in [-0.1, -0.05) is 43.3 Å². The molecule has 14 heteroatoms. The smallest absolute Gasteiger partial charge is 0.416 e. The summed E-state index contributed by atoms with van der Waals surface area (Å²) in [5.41, 5.74) is 0.360. The molecule has 0 saturated heterocycles. The van der Waals surface area contributed by atoms with Crippen molar-refractivity contribution in [2.45, 2.75) is 64.5 Å². The van der Waals surface area contributed by atoms with E-state index < -0.39 is 35.8 Å². The molecule has 4 atom stereocenters. The van der Waals surface area contributed by atoms with Crippen LogP contribution in [0.1, 0.15) is 56.0 Å². The highest BCUT2D eigenvalue weighted by Gasteiger charge is 2.32. The van der Waals surface area contributed by atoms with Gasteiger partial charge in [-0.2, -0.15) is 13.2 Å². The van der Waals surface area contributed by atoms with Crippen LogP contribution in [0.15, 0.2) is 84.9 Å². The highest BCUT2D eigenvalue weighted by Crippen LogP contribution is 2.31. The number of carbonyl (C=O) groups excluding carboxylic acids is 3. The summed E-state index contributed by atoms with van der Waals surface area (Å²) >= 11 is 0. The molecule has 4 N–H and O–H groups in total. The number of hydrogen-bond acceptors (Lipinski definition) is 6. The predicted octanol–water partition coefficient (Wildman–Crippen LogP) is 8.46. The molecule has 0 aromatic heterocycles. The van der Waals surface area contributed by atoms with Crippen LogP contribution in [-0.2, 0) is 10.9 Å². The van der Waals surface area contributed by atoms with Crippen LogP contribution in [0.25, 0.3) is 10.8 Å². The number of likely N-dealkylation sites (N-methyl/N-ethyl adjacent to an activating group) is 1. The Labute approximate surface area is 318 Å². The van der Waals surface area contributed by atoms with Crippen LogP contribution in [0.4, 0.5) is 39.8 Å². The van der Waals surface area contributed by atoms with Gasteiger partial charge in [0.15, 0.2) is 0 Å². The predicted molar refractivity (Wildman–Crippen MR) is 207 cm³/mol. The number of alkyl halides is 3. The van der Waals surface area contributed by atoms with E-state index in [9.17, 15) is 32.7 Å². The van der Waals surface area contributed by atoms with Gasteiger partial charge < -0.3 is 40.3 Å². The van der Waals surface area contributed by atoms with Crippen molar-refractivity contribution >= 4 is 45.8 Å². The lowest BCUT2D eigenvalue weighted by molar-refractivity contribution is -0.137. The molecule has 0 aliphatic carbocycles. The van der Waals surface area contributed by atoms with Gasteiger partial charge in [0.25, 0.3) is 5.91 Å². The Balaban J connectivity index is 1.35.